The summed E-state index contributed by atoms with van der Waals surface area (Å²) in [4.78, 5) is 39.3. The van der Waals surface area contributed by atoms with E-state index in [2.05, 4.69) is 16.0 Å². The number of methoxy groups -OCH3 is 1. The van der Waals surface area contributed by atoms with Crippen molar-refractivity contribution in [1.82, 2.24) is 10.2 Å². The van der Waals surface area contributed by atoms with Crippen LogP contribution in [0.25, 0.3) is 0 Å². The second-order valence-electron chi connectivity index (χ2n) is 7.68. The zero-order chi connectivity index (χ0) is 24.7. The van der Waals surface area contributed by atoms with Crippen molar-refractivity contribution in [1.29, 1.82) is 0 Å². The molecule has 0 unspecified atom stereocenters. The van der Waals surface area contributed by atoms with Gasteiger partial charge in [-0.15, -0.1) is 0 Å². The van der Waals surface area contributed by atoms with E-state index >= 15 is 0 Å². The van der Waals surface area contributed by atoms with Crippen LogP contribution < -0.4 is 20.7 Å². The molecule has 2 aromatic rings. The fourth-order valence-electron chi connectivity index (χ4n) is 3.72. The molecular weight excluding hydrogens is 436 g/mol. The molecule has 3 rings (SSSR count). The molecule has 0 aliphatic carbocycles. The number of amides is 4. The van der Waals surface area contributed by atoms with Gasteiger partial charge in [-0.3, -0.25) is 4.90 Å². The van der Waals surface area contributed by atoms with Gasteiger partial charge in [0.25, 0.3) is 0 Å². The first-order chi connectivity index (χ1) is 16.4. The van der Waals surface area contributed by atoms with Crippen LogP contribution >= 0.6 is 0 Å². The van der Waals surface area contributed by atoms with Gasteiger partial charge in [0.15, 0.2) is 0 Å². The third-order valence-corrected chi connectivity index (χ3v) is 5.39. The quantitative estimate of drug-likeness (QED) is 0.491. The van der Waals surface area contributed by atoms with Crippen molar-refractivity contribution in [3.05, 3.63) is 65.4 Å². The SMILES string of the molecule is CCCN1C(=O)N[C@H](c2ccc(NC(=O)Nc3ccc(OC)cc3)cc2)C(C(=O)OCC)=C1C. The Labute approximate surface area is 199 Å². The monoisotopic (exact) mass is 466 g/mol. The van der Waals surface area contributed by atoms with Crippen molar-refractivity contribution in [2.45, 2.75) is 33.2 Å². The summed E-state index contributed by atoms with van der Waals surface area (Å²) in [5.41, 5.74) is 2.86. The van der Waals surface area contributed by atoms with Crippen LogP contribution in [0.4, 0.5) is 21.0 Å². The molecule has 1 aliphatic heterocycles. The molecule has 0 fully saturated rings. The number of rotatable bonds is 8. The molecule has 1 atom stereocenters. The molecular formula is C25H30N4O5. The van der Waals surface area contributed by atoms with Gasteiger partial charge in [0.2, 0.25) is 0 Å². The Bertz CT molecular complexity index is 1060. The van der Waals surface area contributed by atoms with Gasteiger partial charge in [0, 0.05) is 23.6 Å². The standard InChI is InChI=1S/C25H30N4O5/c1-5-15-29-16(3)21(23(30)34-6-2)22(28-25(29)32)17-7-9-18(10-8-17)26-24(31)27-19-11-13-20(33-4)14-12-19/h7-14,22H,5-6,15H2,1-4H3,(H,28,32)(H2,26,27,31)/t22-/m1/s1. The van der Waals surface area contributed by atoms with Crippen LogP contribution in [0.2, 0.25) is 0 Å². The number of esters is 1. The lowest BCUT2D eigenvalue weighted by Crippen LogP contribution is -2.48. The number of hydrogen-bond donors (Lipinski definition) is 3. The maximum Gasteiger partial charge on any atom is 0.338 e. The van der Waals surface area contributed by atoms with E-state index in [-0.39, 0.29) is 12.6 Å². The molecule has 9 nitrogen and oxygen atoms in total. The maximum atomic E-state index is 12.7. The molecule has 0 aromatic heterocycles. The van der Waals surface area contributed by atoms with Gasteiger partial charge < -0.3 is 25.4 Å². The topological polar surface area (TPSA) is 109 Å². The minimum absolute atomic E-state index is 0.232. The molecule has 1 heterocycles. The molecule has 1 aliphatic rings. The predicted octanol–water partition coefficient (Wildman–Crippen LogP) is 4.65. The summed E-state index contributed by atoms with van der Waals surface area (Å²) in [7, 11) is 1.57. The predicted molar refractivity (Wildman–Crippen MR) is 130 cm³/mol. The first-order valence-corrected chi connectivity index (χ1v) is 11.2. The van der Waals surface area contributed by atoms with Gasteiger partial charge in [-0.2, -0.15) is 0 Å². The third-order valence-electron chi connectivity index (χ3n) is 5.39. The van der Waals surface area contributed by atoms with Crippen molar-refractivity contribution in [2.75, 3.05) is 30.9 Å². The van der Waals surface area contributed by atoms with E-state index in [4.69, 9.17) is 9.47 Å². The van der Waals surface area contributed by atoms with Gasteiger partial charge in [0.05, 0.1) is 25.3 Å². The molecule has 0 saturated carbocycles. The lowest BCUT2D eigenvalue weighted by molar-refractivity contribution is -0.139. The second kappa shape index (κ2) is 11.2. The van der Waals surface area contributed by atoms with E-state index < -0.39 is 18.0 Å². The zero-order valence-corrected chi connectivity index (χ0v) is 19.8. The molecule has 3 N–H and O–H groups in total. The Hall–Kier alpha value is -4.01. The largest absolute Gasteiger partial charge is 0.497 e. The van der Waals surface area contributed by atoms with Crippen LogP contribution in [-0.2, 0) is 9.53 Å². The number of allylic oxidation sites excluding steroid dienone is 1. The number of anilines is 2. The summed E-state index contributed by atoms with van der Waals surface area (Å²) in [5.74, 6) is 0.229. The van der Waals surface area contributed by atoms with E-state index in [1.54, 1.807) is 74.4 Å². The van der Waals surface area contributed by atoms with Crippen LogP contribution in [0, 0.1) is 0 Å². The number of nitrogens with zero attached hydrogens (tertiary/aromatic N) is 1. The van der Waals surface area contributed by atoms with E-state index in [1.807, 2.05) is 6.92 Å². The van der Waals surface area contributed by atoms with E-state index in [1.165, 1.54) is 0 Å². The number of urea groups is 2. The number of carbonyl (C=O) groups is 3. The summed E-state index contributed by atoms with van der Waals surface area (Å²) in [5, 5.41) is 8.42. The Morgan fingerprint density at radius 2 is 1.59 bits per heavy atom. The van der Waals surface area contributed by atoms with Crippen LogP contribution in [0.3, 0.4) is 0 Å². The summed E-state index contributed by atoms with van der Waals surface area (Å²) in [6.07, 6.45) is 0.754. The average molecular weight is 467 g/mol. The summed E-state index contributed by atoms with van der Waals surface area (Å²) < 4.78 is 10.4. The fourth-order valence-corrected chi connectivity index (χ4v) is 3.72. The van der Waals surface area contributed by atoms with Crippen molar-refractivity contribution in [3.63, 3.8) is 0 Å². The van der Waals surface area contributed by atoms with Crippen molar-refractivity contribution in [2.24, 2.45) is 0 Å². The van der Waals surface area contributed by atoms with Gasteiger partial charge in [-0.05, 0) is 62.2 Å². The number of ether oxygens (including phenoxy) is 2. The normalized spacial score (nSPS) is 15.5. The van der Waals surface area contributed by atoms with E-state index in [0.29, 0.717) is 40.5 Å². The highest BCUT2D eigenvalue weighted by molar-refractivity contribution is 6.00. The smallest absolute Gasteiger partial charge is 0.338 e. The van der Waals surface area contributed by atoms with E-state index in [0.717, 1.165) is 6.42 Å². The first-order valence-electron chi connectivity index (χ1n) is 11.2. The van der Waals surface area contributed by atoms with Crippen LogP contribution in [0.1, 0.15) is 38.8 Å². The van der Waals surface area contributed by atoms with Crippen LogP contribution in [0.15, 0.2) is 59.8 Å². The molecule has 9 heteroatoms. The van der Waals surface area contributed by atoms with Crippen molar-refractivity contribution in [3.8, 4) is 5.75 Å². The molecule has 0 bridgehead atoms. The Morgan fingerprint density at radius 1 is 1.00 bits per heavy atom. The molecule has 2 aromatic carbocycles. The fraction of sp³-hybridized carbons (Fsp3) is 0.320. The number of benzene rings is 2. The average Bonchev–Trinajstić information content (AvgIpc) is 2.82. The minimum atomic E-state index is -0.651. The Balaban J connectivity index is 1.76. The molecule has 0 spiro atoms. The lowest BCUT2D eigenvalue weighted by atomic mass is 9.94. The lowest BCUT2D eigenvalue weighted by Gasteiger charge is -2.35. The first kappa shape index (κ1) is 24.6. The highest BCUT2D eigenvalue weighted by Gasteiger charge is 2.36. The van der Waals surface area contributed by atoms with Crippen molar-refractivity contribution < 1.29 is 23.9 Å². The Kier molecular flexibility index (Phi) is 8.13. The summed E-state index contributed by atoms with van der Waals surface area (Å²) >= 11 is 0. The van der Waals surface area contributed by atoms with Gasteiger partial charge in [-0.25, -0.2) is 14.4 Å². The molecule has 0 saturated heterocycles. The maximum absolute atomic E-state index is 12.7. The van der Waals surface area contributed by atoms with Crippen LogP contribution in [0.5, 0.6) is 5.75 Å². The summed E-state index contributed by atoms with van der Waals surface area (Å²) in [6, 6.07) is 12.6. The summed E-state index contributed by atoms with van der Waals surface area (Å²) in [6.45, 7) is 6.20. The van der Waals surface area contributed by atoms with Gasteiger partial charge in [0.1, 0.15) is 5.75 Å². The number of hydrogen-bond acceptors (Lipinski definition) is 5. The molecule has 34 heavy (non-hydrogen) atoms. The highest BCUT2D eigenvalue weighted by atomic mass is 16.5. The number of nitrogens with one attached hydrogen (secondary N) is 3. The number of carbonyl (C=O) groups excluding carboxylic acids is 3. The van der Waals surface area contributed by atoms with Crippen molar-refractivity contribution >= 4 is 29.4 Å². The van der Waals surface area contributed by atoms with E-state index in [9.17, 15) is 14.4 Å². The molecule has 180 valence electrons. The Morgan fingerprint density at radius 3 is 2.12 bits per heavy atom. The molecule has 4 amide bonds. The molecule has 0 radical (unpaired) electrons. The highest BCUT2D eigenvalue weighted by Crippen LogP contribution is 2.32. The van der Waals surface area contributed by atoms with Gasteiger partial charge >= 0.3 is 18.0 Å². The van der Waals surface area contributed by atoms with Gasteiger partial charge in [-0.1, -0.05) is 19.1 Å². The minimum Gasteiger partial charge on any atom is -0.497 e. The third kappa shape index (κ3) is 5.67. The zero-order valence-electron chi connectivity index (χ0n) is 19.8. The second-order valence-corrected chi connectivity index (χ2v) is 7.68. The van der Waals surface area contributed by atoms with Crippen LogP contribution in [-0.4, -0.2) is 43.2 Å².